The molecule has 1 aromatic carbocycles. The molecule has 0 spiro atoms. The first-order valence-electron chi connectivity index (χ1n) is 12.7. The van der Waals surface area contributed by atoms with Crippen molar-refractivity contribution in [2.75, 3.05) is 6.61 Å². The lowest BCUT2D eigenvalue weighted by molar-refractivity contribution is -0.175. The van der Waals surface area contributed by atoms with Gasteiger partial charge in [-0.1, -0.05) is 95.4 Å². The second kappa shape index (κ2) is 18.0. The second-order valence-electron chi connectivity index (χ2n) is 8.75. The van der Waals surface area contributed by atoms with Crippen LogP contribution in [0.25, 0.3) is 0 Å². The third-order valence-electron chi connectivity index (χ3n) is 5.72. The van der Waals surface area contributed by atoms with E-state index >= 15 is 0 Å². The molecule has 0 aliphatic rings. The number of halogens is 3. The SMILES string of the molecule is CCCCCCCCCCCCC/C=C/[C@@H](OC(=O)c1ccccc1)[C@H](CO)NC(=O)C(F)(F)F. The first-order valence-corrected chi connectivity index (χ1v) is 12.7. The summed E-state index contributed by atoms with van der Waals surface area (Å²) in [4.78, 5) is 23.8. The van der Waals surface area contributed by atoms with Gasteiger partial charge in [0.2, 0.25) is 0 Å². The van der Waals surface area contributed by atoms with Gasteiger partial charge in [0.1, 0.15) is 6.10 Å². The minimum Gasteiger partial charge on any atom is -0.452 e. The normalized spacial score (nSPS) is 13.5. The van der Waals surface area contributed by atoms with Crippen LogP contribution in [0.1, 0.15) is 94.3 Å². The quantitative estimate of drug-likeness (QED) is 0.137. The van der Waals surface area contributed by atoms with Crippen LogP contribution in [0.2, 0.25) is 0 Å². The lowest BCUT2D eigenvalue weighted by atomic mass is 10.0. The van der Waals surface area contributed by atoms with Gasteiger partial charge in [-0.25, -0.2) is 4.79 Å². The van der Waals surface area contributed by atoms with E-state index < -0.39 is 36.8 Å². The Morgan fingerprint density at radius 1 is 0.943 bits per heavy atom. The average molecular weight is 500 g/mol. The third-order valence-corrected chi connectivity index (χ3v) is 5.72. The molecule has 0 bridgehead atoms. The summed E-state index contributed by atoms with van der Waals surface area (Å²) in [7, 11) is 0. The Bertz CT molecular complexity index is 738. The molecule has 1 amide bonds. The zero-order valence-corrected chi connectivity index (χ0v) is 20.7. The zero-order chi connectivity index (χ0) is 25.9. The number of amides is 1. The van der Waals surface area contributed by atoms with Crippen molar-refractivity contribution in [1.29, 1.82) is 0 Å². The van der Waals surface area contributed by atoms with Gasteiger partial charge < -0.3 is 15.2 Å². The highest BCUT2D eigenvalue weighted by Gasteiger charge is 2.41. The Morgan fingerprint density at radius 3 is 2.00 bits per heavy atom. The number of rotatable bonds is 18. The molecule has 0 aliphatic heterocycles. The molecular formula is C27H40F3NO4. The molecule has 1 aromatic rings. The number of alkyl halides is 3. The summed E-state index contributed by atoms with van der Waals surface area (Å²) >= 11 is 0. The second-order valence-corrected chi connectivity index (χ2v) is 8.75. The molecule has 35 heavy (non-hydrogen) atoms. The molecule has 2 N–H and O–H groups in total. The maximum Gasteiger partial charge on any atom is 0.471 e. The van der Waals surface area contributed by atoms with Gasteiger partial charge >= 0.3 is 18.1 Å². The fourth-order valence-corrected chi connectivity index (χ4v) is 3.66. The molecule has 8 heteroatoms. The van der Waals surface area contributed by atoms with Crippen molar-refractivity contribution in [3.8, 4) is 0 Å². The lowest BCUT2D eigenvalue weighted by Gasteiger charge is -2.24. The predicted molar refractivity (Wildman–Crippen MR) is 131 cm³/mol. The summed E-state index contributed by atoms with van der Waals surface area (Å²) in [5.74, 6) is -2.95. The van der Waals surface area contributed by atoms with Crippen molar-refractivity contribution in [2.24, 2.45) is 0 Å². The highest BCUT2D eigenvalue weighted by atomic mass is 19.4. The number of unbranched alkanes of at least 4 members (excludes halogenated alkanes) is 11. The summed E-state index contributed by atoms with van der Waals surface area (Å²) < 4.78 is 43.4. The number of hydrogen-bond acceptors (Lipinski definition) is 4. The standard InChI is InChI=1S/C27H40F3NO4/c1-2-3-4-5-6-7-8-9-10-11-12-13-17-20-24(23(21-32)31-26(34)27(28,29)30)35-25(33)22-18-15-14-16-19-22/h14-20,23-24,32H,2-13,21H2,1H3,(H,31,34)/b20-17+/t23-,24+/m0/s1. The van der Waals surface area contributed by atoms with E-state index in [9.17, 15) is 27.9 Å². The molecule has 0 unspecified atom stereocenters. The van der Waals surface area contributed by atoms with Gasteiger partial charge in [0.25, 0.3) is 0 Å². The van der Waals surface area contributed by atoms with Crippen molar-refractivity contribution in [3.63, 3.8) is 0 Å². The van der Waals surface area contributed by atoms with Gasteiger partial charge in [0.15, 0.2) is 0 Å². The number of aliphatic hydroxyl groups excluding tert-OH is 1. The van der Waals surface area contributed by atoms with E-state index in [0.717, 1.165) is 19.3 Å². The Hall–Kier alpha value is -2.35. The molecule has 0 saturated heterocycles. The molecular weight excluding hydrogens is 459 g/mol. The molecule has 2 atom stereocenters. The molecule has 0 fully saturated rings. The minimum atomic E-state index is -5.11. The maximum atomic E-state index is 12.7. The molecule has 0 saturated carbocycles. The molecule has 1 rings (SSSR count). The van der Waals surface area contributed by atoms with E-state index in [1.807, 2.05) is 0 Å². The largest absolute Gasteiger partial charge is 0.471 e. The number of carbonyl (C=O) groups excluding carboxylic acids is 2. The molecule has 5 nitrogen and oxygen atoms in total. The summed E-state index contributed by atoms with van der Waals surface area (Å²) in [5.41, 5.74) is 0.218. The van der Waals surface area contributed by atoms with Gasteiger partial charge in [-0.05, 0) is 31.1 Å². The minimum absolute atomic E-state index is 0.218. The fourth-order valence-electron chi connectivity index (χ4n) is 3.66. The summed E-state index contributed by atoms with van der Waals surface area (Å²) in [5, 5.41) is 11.3. The lowest BCUT2D eigenvalue weighted by Crippen LogP contribution is -2.51. The number of benzene rings is 1. The van der Waals surface area contributed by atoms with E-state index in [2.05, 4.69) is 6.92 Å². The van der Waals surface area contributed by atoms with Crippen molar-refractivity contribution in [2.45, 2.75) is 102 Å². The number of esters is 1. The Labute approximate surface area is 207 Å². The monoisotopic (exact) mass is 499 g/mol. The Morgan fingerprint density at radius 2 is 1.49 bits per heavy atom. The van der Waals surface area contributed by atoms with E-state index in [1.54, 1.807) is 29.6 Å². The maximum absolute atomic E-state index is 12.7. The average Bonchev–Trinajstić information content (AvgIpc) is 2.84. The van der Waals surface area contributed by atoms with Crippen LogP contribution in [0, 0.1) is 0 Å². The van der Waals surface area contributed by atoms with E-state index in [4.69, 9.17) is 4.74 Å². The summed E-state index contributed by atoms with van der Waals surface area (Å²) in [6.45, 7) is 1.39. The smallest absolute Gasteiger partial charge is 0.452 e. The van der Waals surface area contributed by atoms with Crippen LogP contribution in [-0.4, -0.2) is 41.9 Å². The highest BCUT2D eigenvalue weighted by molar-refractivity contribution is 5.89. The molecule has 0 heterocycles. The van der Waals surface area contributed by atoms with Gasteiger partial charge in [0.05, 0.1) is 18.2 Å². The number of hydrogen-bond donors (Lipinski definition) is 2. The summed E-state index contributed by atoms with van der Waals surface area (Å²) in [6, 6.07) is 6.56. The van der Waals surface area contributed by atoms with Crippen LogP contribution in [0.15, 0.2) is 42.5 Å². The van der Waals surface area contributed by atoms with Crippen LogP contribution >= 0.6 is 0 Å². The van der Waals surface area contributed by atoms with E-state index in [0.29, 0.717) is 6.42 Å². The van der Waals surface area contributed by atoms with Gasteiger partial charge in [-0.3, -0.25) is 4.79 Å². The van der Waals surface area contributed by atoms with Crippen molar-refractivity contribution < 1.29 is 32.6 Å². The van der Waals surface area contributed by atoms with Crippen molar-refractivity contribution >= 4 is 11.9 Å². The van der Waals surface area contributed by atoms with E-state index in [-0.39, 0.29) is 5.56 Å². The van der Waals surface area contributed by atoms with Gasteiger partial charge in [-0.15, -0.1) is 0 Å². The Kier molecular flexibility index (Phi) is 15.8. The molecule has 198 valence electrons. The number of aliphatic hydroxyl groups is 1. The topological polar surface area (TPSA) is 75.6 Å². The third kappa shape index (κ3) is 14.0. The van der Waals surface area contributed by atoms with Crippen molar-refractivity contribution in [3.05, 3.63) is 48.0 Å². The molecule has 0 radical (unpaired) electrons. The van der Waals surface area contributed by atoms with Gasteiger partial charge in [-0.2, -0.15) is 13.2 Å². The predicted octanol–water partition coefficient (Wildman–Crippen LogP) is 6.51. The highest BCUT2D eigenvalue weighted by Crippen LogP contribution is 2.17. The molecule has 0 aromatic heterocycles. The van der Waals surface area contributed by atoms with Crippen LogP contribution in [0.5, 0.6) is 0 Å². The Balaban J connectivity index is 2.52. The number of allylic oxidation sites excluding steroid dienone is 1. The fraction of sp³-hybridized carbons (Fsp3) is 0.630. The van der Waals surface area contributed by atoms with E-state index in [1.165, 1.54) is 69.6 Å². The first kappa shape index (κ1) is 30.7. The number of ether oxygens (including phenoxy) is 1. The van der Waals surface area contributed by atoms with Crippen LogP contribution < -0.4 is 5.32 Å². The molecule has 0 aliphatic carbocycles. The first-order chi connectivity index (χ1) is 16.8. The van der Waals surface area contributed by atoms with Crippen LogP contribution in [-0.2, 0) is 9.53 Å². The van der Waals surface area contributed by atoms with Crippen LogP contribution in [0.4, 0.5) is 13.2 Å². The van der Waals surface area contributed by atoms with Crippen LogP contribution in [0.3, 0.4) is 0 Å². The van der Waals surface area contributed by atoms with Gasteiger partial charge in [0, 0.05) is 0 Å². The zero-order valence-electron chi connectivity index (χ0n) is 20.7. The number of nitrogens with one attached hydrogen (secondary N) is 1. The number of carbonyl (C=O) groups is 2. The van der Waals surface area contributed by atoms with Crippen molar-refractivity contribution in [1.82, 2.24) is 5.32 Å². The summed E-state index contributed by atoms with van der Waals surface area (Å²) in [6.07, 6.45) is 10.7.